The first kappa shape index (κ1) is 29.9. The van der Waals surface area contributed by atoms with Gasteiger partial charge < -0.3 is 10.2 Å². The number of rotatable bonds is 7. The fourth-order valence-electron chi connectivity index (χ4n) is 6.27. The maximum Gasteiger partial charge on any atom is 0.254 e. The second-order valence-electron chi connectivity index (χ2n) is 10.9. The molecule has 6 heteroatoms. The summed E-state index contributed by atoms with van der Waals surface area (Å²) in [6.07, 6.45) is 7.36. The maximum atomic E-state index is 13.3. The Morgan fingerprint density at radius 2 is 1.43 bits per heavy atom. The topological polar surface area (TPSA) is 49.4 Å². The number of halogens is 2. The van der Waals surface area contributed by atoms with E-state index in [1.165, 1.54) is 30.4 Å². The summed E-state index contributed by atoms with van der Waals surface area (Å²) in [4.78, 5) is 25.9. The molecule has 1 N–H and O–H groups in total. The highest BCUT2D eigenvalue weighted by Gasteiger charge is 2.38. The first-order chi connectivity index (χ1) is 20.6. The fraction of sp³-hybridized carbons (Fsp3) is 0.278. The summed E-state index contributed by atoms with van der Waals surface area (Å²) in [5, 5.41) is 4.03. The smallest absolute Gasteiger partial charge is 0.254 e. The molecule has 0 saturated heterocycles. The van der Waals surface area contributed by atoms with Crippen molar-refractivity contribution in [2.75, 3.05) is 6.54 Å². The fourth-order valence-corrected chi connectivity index (χ4v) is 6.80. The second kappa shape index (κ2) is 14.5. The number of hydrogen-bond donors (Lipinski definition) is 1. The summed E-state index contributed by atoms with van der Waals surface area (Å²) in [7, 11) is 0. The molecular weight excluding hydrogens is 563 g/mol. The van der Waals surface area contributed by atoms with Gasteiger partial charge in [0, 0.05) is 34.1 Å². The minimum atomic E-state index is -0.0183. The van der Waals surface area contributed by atoms with Crippen molar-refractivity contribution in [2.45, 2.75) is 56.5 Å². The lowest BCUT2D eigenvalue weighted by Gasteiger charge is -2.43. The van der Waals surface area contributed by atoms with Crippen LogP contribution < -0.4 is 5.32 Å². The summed E-state index contributed by atoms with van der Waals surface area (Å²) in [5.74, 6) is 0.354. The SMILES string of the molecule is O=C1c2ccccc2CC(c2ccc(Cl)cc2Cl)N1C1CCCCC1.O=CNCC(c1ccccc1)c1ccccc1. The van der Waals surface area contributed by atoms with E-state index in [2.05, 4.69) is 40.5 Å². The maximum absolute atomic E-state index is 13.3. The van der Waals surface area contributed by atoms with Gasteiger partial charge in [-0.2, -0.15) is 0 Å². The van der Waals surface area contributed by atoms with Gasteiger partial charge in [0.15, 0.2) is 0 Å². The number of fused-ring (bicyclic) bond motifs is 1. The Hall–Kier alpha value is -3.60. The molecule has 1 aliphatic heterocycles. The molecule has 1 saturated carbocycles. The van der Waals surface area contributed by atoms with Gasteiger partial charge in [-0.25, -0.2) is 0 Å². The predicted octanol–water partition coefficient (Wildman–Crippen LogP) is 8.63. The molecule has 4 aromatic carbocycles. The monoisotopic (exact) mass is 598 g/mol. The lowest BCUT2D eigenvalue weighted by atomic mass is 9.85. The van der Waals surface area contributed by atoms with Crippen LogP contribution in [0.15, 0.2) is 103 Å². The number of nitrogens with zero attached hydrogens (tertiary/aromatic N) is 1. The van der Waals surface area contributed by atoms with Gasteiger partial charge in [0.1, 0.15) is 0 Å². The standard InChI is InChI=1S/C21H21Cl2NO.C15H15NO/c22-15-10-11-18(19(23)13-15)20-12-14-6-4-5-9-17(14)21(25)24(20)16-7-2-1-3-8-16;17-12-16-11-15(13-7-3-1-4-8-13)14-9-5-2-6-10-14/h4-6,9-11,13,16,20H,1-3,7-8,12H2;1-10,12,15H,11H2,(H,16,17). The number of nitrogens with one attached hydrogen (secondary N) is 1. The average molecular weight is 600 g/mol. The quantitative estimate of drug-likeness (QED) is 0.216. The summed E-state index contributed by atoms with van der Waals surface area (Å²) in [6.45, 7) is 0.623. The van der Waals surface area contributed by atoms with E-state index in [1.807, 2.05) is 66.7 Å². The summed E-state index contributed by atoms with van der Waals surface area (Å²) in [5.41, 5.74) is 5.38. The Bertz CT molecular complexity index is 1430. The van der Waals surface area contributed by atoms with Crippen molar-refractivity contribution in [3.8, 4) is 0 Å². The minimum Gasteiger partial charge on any atom is -0.358 e. The van der Waals surface area contributed by atoms with Crippen LogP contribution in [0.25, 0.3) is 0 Å². The van der Waals surface area contributed by atoms with Crippen LogP contribution in [-0.4, -0.2) is 29.8 Å². The Balaban J connectivity index is 0.000000181. The minimum absolute atomic E-state index is 0.0183. The molecule has 0 spiro atoms. The van der Waals surface area contributed by atoms with Gasteiger partial charge in [0.05, 0.1) is 6.04 Å². The highest BCUT2D eigenvalue weighted by Crippen LogP contribution is 2.41. The van der Waals surface area contributed by atoms with Gasteiger partial charge in [-0.15, -0.1) is 0 Å². The van der Waals surface area contributed by atoms with Crippen LogP contribution in [0.1, 0.15) is 76.7 Å². The lowest BCUT2D eigenvalue weighted by Crippen LogP contribution is -2.47. The molecule has 1 fully saturated rings. The molecular formula is C36H36Cl2N2O2. The van der Waals surface area contributed by atoms with Crippen LogP contribution in [0, 0.1) is 0 Å². The average Bonchev–Trinajstić information content (AvgIpc) is 3.03. The second-order valence-corrected chi connectivity index (χ2v) is 11.8. The molecule has 1 atom stereocenters. The molecule has 216 valence electrons. The van der Waals surface area contributed by atoms with Gasteiger partial charge in [-0.1, -0.05) is 127 Å². The number of benzene rings is 4. The Labute approximate surface area is 258 Å². The molecule has 2 aliphatic rings. The molecule has 1 aliphatic carbocycles. The van der Waals surface area contributed by atoms with E-state index in [-0.39, 0.29) is 17.9 Å². The summed E-state index contributed by atoms with van der Waals surface area (Å²) in [6, 6.07) is 34.3. The van der Waals surface area contributed by atoms with E-state index in [0.29, 0.717) is 22.6 Å². The van der Waals surface area contributed by atoms with Crippen LogP contribution in [0.2, 0.25) is 10.0 Å². The largest absolute Gasteiger partial charge is 0.358 e. The number of amides is 2. The lowest BCUT2D eigenvalue weighted by molar-refractivity contribution is -0.109. The van der Waals surface area contributed by atoms with E-state index in [4.69, 9.17) is 23.2 Å². The van der Waals surface area contributed by atoms with Crippen molar-refractivity contribution in [3.05, 3.63) is 141 Å². The molecule has 4 nitrogen and oxygen atoms in total. The zero-order valence-electron chi connectivity index (χ0n) is 23.6. The Kier molecular flexibility index (Phi) is 10.3. The van der Waals surface area contributed by atoms with Crippen molar-refractivity contribution in [1.29, 1.82) is 0 Å². The highest BCUT2D eigenvalue weighted by atomic mass is 35.5. The van der Waals surface area contributed by atoms with Crippen molar-refractivity contribution in [3.63, 3.8) is 0 Å². The molecule has 6 rings (SSSR count). The van der Waals surface area contributed by atoms with Crippen LogP contribution in [0.4, 0.5) is 0 Å². The normalized spacial score (nSPS) is 16.8. The number of carbonyl (C=O) groups is 2. The third-order valence-electron chi connectivity index (χ3n) is 8.33. The molecule has 1 heterocycles. The van der Waals surface area contributed by atoms with Crippen LogP contribution in [0.3, 0.4) is 0 Å². The molecule has 0 aromatic heterocycles. The number of carbonyl (C=O) groups excluding carboxylic acids is 2. The van der Waals surface area contributed by atoms with E-state index in [9.17, 15) is 9.59 Å². The summed E-state index contributed by atoms with van der Waals surface area (Å²) < 4.78 is 0. The van der Waals surface area contributed by atoms with Gasteiger partial charge in [0.25, 0.3) is 5.91 Å². The first-order valence-corrected chi connectivity index (χ1v) is 15.4. The van der Waals surface area contributed by atoms with Crippen LogP contribution in [0.5, 0.6) is 0 Å². The van der Waals surface area contributed by atoms with Gasteiger partial charge in [0.2, 0.25) is 6.41 Å². The first-order valence-electron chi connectivity index (χ1n) is 14.7. The summed E-state index contributed by atoms with van der Waals surface area (Å²) >= 11 is 12.6. The van der Waals surface area contributed by atoms with Crippen molar-refractivity contribution in [1.82, 2.24) is 10.2 Å². The van der Waals surface area contributed by atoms with Crippen molar-refractivity contribution >= 4 is 35.5 Å². The Morgan fingerprint density at radius 3 is 2.05 bits per heavy atom. The molecule has 0 radical (unpaired) electrons. The highest BCUT2D eigenvalue weighted by molar-refractivity contribution is 6.35. The van der Waals surface area contributed by atoms with Gasteiger partial charge >= 0.3 is 0 Å². The van der Waals surface area contributed by atoms with Crippen molar-refractivity contribution in [2.24, 2.45) is 0 Å². The van der Waals surface area contributed by atoms with E-state index in [1.54, 1.807) is 6.07 Å². The molecule has 4 aromatic rings. The van der Waals surface area contributed by atoms with E-state index < -0.39 is 0 Å². The molecule has 1 unspecified atom stereocenters. The third-order valence-corrected chi connectivity index (χ3v) is 8.89. The van der Waals surface area contributed by atoms with Crippen LogP contribution >= 0.6 is 23.2 Å². The Morgan fingerprint density at radius 1 is 0.810 bits per heavy atom. The molecule has 0 bridgehead atoms. The van der Waals surface area contributed by atoms with E-state index >= 15 is 0 Å². The van der Waals surface area contributed by atoms with Crippen molar-refractivity contribution < 1.29 is 9.59 Å². The molecule has 42 heavy (non-hydrogen) atoms. The third kappa shape index (κ3) is 7.06. The number of hydrogen-bond acceptors (Lipinski definition) is 2. The van der Waals surface area contributed by atoms with E-state index in [0.717, 1.165) is 42.4 Å². The van der Waals surface area contributed by atoms with Gasteiger partial charge in [-0.3, -0.25) is 9.59 Å². The van der Waals surface area contributed by atoms with Gasteiger partial charge in [-0.05, 0) is 59.7 Å². The predicted molar refractivity (Wildman–Crippen MR) is 171 cm³/mol. The zero-order chi connectivity index (χ0) is 29.3. The molecule has 2 amide bonds. The van der Waals surface area contributed by atoms with Crippen LogP contribution in [-0.2, 0) is 11.2 Å². The zero-order valence-corrected chi connectivity index (χ0v) is 25.1.